The highest BCUT2D eigenvalue weighted by molar-refractivity contribution is 9.10. The molecule has 0 aliphatic heterocycles. The fourth-order valence-electron chi connectivity index (χ4n) is 1.62. The van der Waals surface area contributed by atoms with Crippen LogP contribution in [-0.2, 0) is 4.79 Å². The Morgan fingerprint density at radius 3 is 2.95 bits per heavy atom. The quantitative estimate of drug-likeness (QED) is 0.790. The normalized spacial score (nSPS) is 11.0. The van der Waals surface area contributed by atoms with Crippen LogP contribution in [0.15, 0.2) is 34.0 Å². The smallest absolute Gasteiger partial charge is 0.255 e. The highest BCUT2D eigenvalue weighted by atomic mass is 79.9. The molecule has 0 spiro atoms. The van der Waals surface area contributed by atoms with Gasteiger partial charge in [0.1, 0.15) is 5.75 Å². The zero-order valence-corrected chi connectivity index (χ0v) is 12.9. The van der Waals surface area contributed by atoms with Crippen molar-refractivity contribution in [1.29, 1.82) is 0 Å². The molecule has 0 aliphatic rings. The number of hydrogen-bond acceptors (Lipinski definition) is 5. The Labute approximate surface area is 129 Å². The minimum atomic E-state index is -0.546. The Kier molecular flexibility index (Phi) is 4.59. The zero-order valence-electron chi connectivity index (χ0n) is 11.3. The predicted octanol–water partition coefficient (Wildman–Crippen LogP) is 1.28. The highest BCUT2D eigenvalue weighted by Gasteiger charge is 2.05. The molecule has 110 valence electrons. The van der Waals surface area contributed by atoms with Crippen LogP contribution in [0.4, 0.5) is 5.95 Å². The summed E-state index contributed by atoms with van der Waals surface area (Å²) >= 11 is 3.37. The molecule has 1 aromatic carbocycles. The Hall–Kier alpha value is -2.35. The molecule has 2 aromatic rings. The van der Waals surface area contributed by atoms with Crippen LogP contribution in [0.2, 0.25) is 0 Å². The number of nitrogens with zero attached hydrogens (tertiary/aromatic N) is 3. The molecule has 0 fully saturated rings. The number of carbonyl (C=O) groups is 1. The molecule has 0 aliphatic carbocycles. The van der Waals surface area contributed by atoms with E-state index in [4.69, 9.17) is 16.2 Å². The summed E-state index contributed by atoms with van der Waals surface area (Å²) < 4.78 is 7.64. The van der Waals surface area contributed by atoms with Crippen LogP contribution in [0.1, 0.15) is 11.3 Å². The molecule has 7 nitrogen and oxygen atoms in total. The van der Waals surface area contributed by atoms with E-state index in [1.54, 1.807) is 30.6 Å². The topological polar surface area (TPSA) is 109 Å². The van der Waals surface area contributed by atoms with E-state index >= 15 is 0 Å². The van der Waals surface area contributed by atoms with Crippen molar-refractivity contribution in [2.45, 2.75) is 6.92 Å². The van der Waals surface area contributed by atoms with Crippen molar-refractivity contribution >= 4 is 34.0 Å². The van der Waals surface area contributed by atoms with Crippen LogP contribution < -0.4 is 16.2 Å². The highest BCUT2D eigenvalue weighted by Crippen LogP contribution is 2.22. The fraction of sp³-hybridized carbons (Fsp3) is 0.154. The van der Waals surface area contributed by atoms with Gasteiger partial charge in [0.2, 0.25) is 5.95 Å². The second-order valence-corrected chi connectivity index (χ2v) is 5.18. The molecule has 2 rings (SSSR count). The largest absolute Gasteiger partial charge is 0.483 e. The maximum absolute atomic E-state index is 10.8. The number of primary amides is 1. The molecule has 8 heteroatoms. The summed E-state index contributed by atoms with van der Waals surface area (Å²) in [7, 11) is 0. The van der Waals surface area contributed by atoms with Crippen molar-refractivity contribution < 1.29 is 9.53 Å². The third kappa shape index (κ3) is 4.06. The number of benzene rings is 1. The van der Waals surface area contributed by atoms with Crippen LogP contribution in [0, 0.1) is 6.92 Å². The Morgan fingerprint density at radius 1 is 1.57 bits per heavy atom. The summed E-state index contributed by atoms with van der Waals surface area (Å²) in [5, 5.41) is 4.21. The van der Waals surface area contributed by atoms with Gasteiger partial charge in [-0.05, 0) is 25.1 Å². The standard InChI is InChI=1S/C13H14BrN5O2/c1-8-6-19(13(16)18-8)17-5-9-4-10(14)2-3-11(9)21-7-12(15)20/h2-6H,7H2,1H3,(H2,15,20)(H2,16,18). The average molecular weight is 352 g/mol. The van der Waals surface area contributed by atoms with Gasteiger partial charge < -0.3 is 16.2 Å². The van der Waals surface area contributed by atoms with Crippen molar-refractivity contribution in [3.63, 3.8) is 0 Å². The van der Waals surface area contributed by atoms with Gasteiger partial charge in [-0.15, -0.1) is 0 Å². The zero-order chi connectivity index (χ0) is 15.4. The van der Waals surface area contributed by atoms with Crippen LogP contribution in [0.3, 0.4) is 0 Å². The number of amides is 1. The molecule has 1 heterocycles. The van der Waals surface area contributed by atoms with Crippen LogP contribution >= 0.6 is 15.9 Å². The molecular formula is C13H14BrN5O2. The first-order valence-corrected chi connectivity index (χ1v) is 6.81. The van der Waals surface area contributed by atoms with Crippen LogP contribution in [0.5, 0.6) is 5.75 Å². The van der Waals surface area contributed by atoms with Crippen molar-refractivity contribution in [2.24, 2.45) is 10.8 Å². The maximum Gasteiger partial charge on any atom is 0.255 e. The fourth-order valence-corrected chi connectivity index (χ4v) is 2.00. The number of hydrogen-bond donors (Lipinski definition) is 2. The summed E-state index contributed by atoms with van der Waals surface area (Å²) in [5.74, 6) is 0.241. The van der Waals surface area contributed by atoms with E-state index in [-0.39, 0.29) is 6.61 Å². The molecule has 4 N–H and O–H groups in total. The lowest BCUT2D eigenvalue weighted by atomic mass is 10.2. The first-order valence-electron chi connectivity index (χ1n) is 6.02. The summed E-state index contributed by atoms with van der Waals surface area (Å²) in [6.45, 7) is 1.62. The monoisotopic (exact) mass is 351 g/mol. The first kappa shape index (κ1) is 15.0. The Balaban J connectivity index is 2.27. The van der Waals surface area contributed by atoms with Gasteiger partial charge in [-0.25, -0.2) is 9.66 Å². The molecule has 21 heavy (non-hydrogen) atoms. The number of halogens is 1. The van der Waals surface area contributed by atoms with Crippen molar-refractivity contribution in [2.75, 3.05) is 12.3 Å². The van der Waals surface area contributed by atoms with Gasteiger partial charge in [0.15, 0.2) is 6.61 Å². The van der Waals surface area contributed by atoms with Crippen molar-refractivity contribution in [3.8, 4) is 5.75 Å². The summed E-state index contributed by atoms with van der Waals surface area (Å²) in [4.78, 5) is 14.9. The number of nitrogens with two attached hydrogens (primary N) is 2. The number of carbonyl (C=O) groups excluding carboxylic acids is 1. The van der Waals surface area contributed by atoms with Gasteiger partial charge in [-0.3, -0.25) is 4.79 Å². The van der Waals surface area contributed by atoms with E-state index in [0.29, 0.717) is 17.3 Å². The lowest BCUT2D eigenvalue weighted by Crippen LogP contribution is -2.20. The summed E-state index contributed by atoms with van der Waals surface area (Å²) in [5.41, 5.74) is 12.2. The van der Waals surface area contributed by atoms with Gasteiger partial charge in [0.05, 0.1) is 18.1 Å². The molecule has 0 unspecified atom stereocenters. The van der Waals surface area contributed by atoms with E-state index in [9.17, 15) is 4.79 Å². The number of ether oxygens (including phenoxy) is 1. The molecular weight excluding hydrogens is 338 g/mol. The summed E-state index contributed by atoms with van der Waals surface area (Å²) in [6, 6.07) is 5.32. The van der Waals surface area contributed by atoms with Crippen molar-refractivity contribution in [1.82, 2.24) is 9.66 Å². The lowest BCUT2D eigenvalue weighted by molar-refractivity contribution is -0.119. The molecule has 0 saturated heterocycles. The van der Waals surface area contributed by atoms with E-state index in [0.717, 1.165) is 10.2 Å². The van der Waals surface area contributed by atoms with E-state index in [2.05, 4.69) is 26.0 Å². The predicted molar refractivity (Wildman–Crippen MR) is 83.2 cm³/mol. The number of aromatic nitrogens is 2. The van der Waals surface area contributed by atoms with Gasteiger partial charge in [0, 0.05) is 10.0 Å². The number of anilines is 1. The summed E-state index contributed by atoms with van der Waals surface area (Å²) in [6.07, 6.45) is 3.27. The van der Waals surface area contributed by atoms with Gasteiger partial charge >= 0.3 is 0 Å². The SMILES string of the molecule is Cc1cn(N=Cc2cc(Br)ccc2OCC(N)=O)c(N)n1. The lowest BCUT2D eigenvalue weighted by Gasteiger charge is -2.07. The molecule has 0 bridgehead atoms. The molecule has 1 aromatic heterocycles. The van der Waals surface area contributed by atoms with Crippen LogP contribution in [0.25, 0.3) is 0 Å². The molecule has 0 saturated carbocycles. The second kappa shape index (κ2) is 6.40. The molecule has 1 amide bonds. The van der Waals surface area contributed by atoms with E-state index in [1.165, 1.54) is 4.68 Å². The maximum atomic E-state index is 10.8. The minimum Gasteiger partial charge on any atom is -0.483 e. The van der Waals surface area contributed by atoms with Gasteiger partial charge in [-0.2, -0.15) is 5.10 Å². The van der Waals surface area contributed by atoms with Gasteiger partial charge in [-0.1, -0.05) is 15.9 Å². The Bertz CT molecular complexity index is 696. The van der Waals surface area contributed by atoms with Gasteiger partial charge in [0.25, 0.3) is 5.91 Å². The number of rotatable bonds is 5. The van der Waals surface area contributed by atoms with Crippen LogP contribution in [-0.4, -0.2) is 28.4 Å². The second-order valence-electron chi connectivity index (χ2n) is 4.27. The third-order valence-electron chi connectivity index (χ3n) is 2.50. The first-order chi connectivity index (χ1) is 9.95. The molecule has 0 atom stereocenters. The number of imidazole rings is 1. The number of aryl methyl sites for hydroxylation is 1. The molecule has 0 radical (unpaired) electrons. The average Bonchev–Trinajstić information content (AvgIpc) is 2.73. The van der Waals surface area contributed by atoms with E-state index < -0.39 is 5.91 Å². The van der Waals surface area contributed by atoms with E-state index in [1.807, 2.05) is 6.92 Å². The Morgan fingerprint density at radius 2 is 2.33 bits per heavy atom. The minimum absolute atomic E-state index is 0.200. The number of nitrogen functional groups attached to an aromatic ring is 1. The third-order valence-corrected chi connectivity index (χ3v) is 2.99. The van der Waals surface area contributed by atoms with Crippen molar-refractivity contribution in [3.05, 3.63) is 40.1 Å².